The molecule has 4 aromatic rings. The van der Waals surface area contributed by atoms with Crippen LogP contribution in [0.1, 0.15) is 11.1 Å². The van der Waals surface area contributed by atoms with E-state index < -0.39 is 0 Å². The van der Waals surface area contributed by atoms with Crippen LogP contribution < -0.4 is 19.7 Å². The second-order valence-corrected chi connectivity index (χ2v) is 10.9. The maximum atomic E-state index is 13.2. The Kier molecular flexibility index (Phi) is 8.50. The fourth-order valence-electron chi connectivity index (χ4n) is 3.84. The number of benzene rings is 4. The molecular weight excluding hydrogens is 564 g/mol. The summed E-state index contributed by atoms with van der Waals surface area (Å²) in [6, 6.07) is 29.1. The van der Waals surface area contributed by atoms with Crippen LogP contribution in [0.15, 0.2) is 102 Å². The van der Waals surface area contributed by atoms with Gasteiger partial charge in [0.25, 0.3) is 11.8 Å². The summed E-state index contributed by atoms with van der Waals surface area (Å²) >= 11 is 12.9. The molecule has 0 saturated carbocycles. The van der Waals surface area contributed by atoms with E-state index in [1.165, 1.54) is 16.7 Å². The van der Waals surface area contributed by atoms with Gasteiger partial charge < -0.3 is 14.8 Å². The molecule has 0 bridgehead atoms. The molecule has 1 saturated heterocycles. The molecule has 1 aliphatic heterocycles. The van der Waals surface area contributed by atoms with Gasteiger partial charge in [0.1, 0.15) is 17.2 Å². The molecule has 2 amide bonds. The lowest BCUT2D eigenvalue weighted by molar-refractivity contribution is -0.118. The van der Waals surface area contributed by atoms with Crippen LogP contribution in [0.5, 0.6) is 17.2 Å². The van der Waals surface area contributed by atoms with Crippen molar-refractivity contribution >= 4 is 69.2 Å². The van der Waals surface area contributed by atoms with Gasteiger partial charge in [0, 0.05) is 10.7 Å². The number of ether oxygens (including phenoxy) is 2. The maximum absolute atomic E-state index is 13.2. The van der Waals surface area contributed by atoms with Crippen molar-refractivity contribution in [2.24, 2.45) is 0 Å². The van der Waals surface area contributed by atoms with E-state index in [0.29, 0.717) is 37.1 Å². The average Bonchev–Trinajstić information content (AvgIpc) is 3.23. The Morgan fingerprint density at radius 3 is 2.42 bits per heavy atom. The Labute approximate surface area is 246 Å². The summed E-state index contributed by atoms with van der Waals surface area (Å²) in [4.78, 5) is 27.6. The highest BCUT2D eigenvalue weighted by molar-refractivity contribution is 8.27. The summed E-state index contributed by atoms with van der Waals surface area (Å²) in [6.45, 7) is 1.71. The zero-order chi connectivity index (χ0) is 28.1. The van der Waals surface area contributed by atoms with Crippen molar-refractivity contribution < 1.29 is 19.1 Å². The quantitative estimate of drug-likeness (QED) is 0.167. The number of halogens is 1. The van der Waals surface area contributed by atoms with E-state index in [0.717, 1.165) is 16.9 Å². The van der Waals surface area contributed by atoms with Gasteiger partial charge in [-0.2, -0.15) is 0 Å². The molecule has 40 heavy (non-hydrogen) atoms. The van der Waals surface area contributed by atoms with Crippen molar-refractivity contribution in [3.63, 3.8) is 0 Å². The number of thioether (sulfide) groups is 1. The normalized spacial score (nSPS) is 13.9. The number of carbonyl (C=O) groups excluding carboxylic acids is 2. The van der Waals surface area contributed by atoms with Gasteiger partial charge in [-0.25, -0.2) is 0 Å². The molecule has 0 atom stereocenters. The number of rotatable bonds is 8. The SMILES string of the molecule is Cc1ccc(NC(=O)COc2cccc(/C=C3\SC(=S)N(c4ccc(Oc5ccccc5)cc4)C3=O)c2)cc1Cl. The lowest BCUT2D eigenvalue weighted by Gasteiger charge is -2.15. The number of aryl methyl sites for hydroxylation is 1. The first-order chi connectivity index (χ1) is 19.4. The van der Waals surface area contributed by atoms with E-state index in [4.69, 9.17) is 33.3 Å². The van der Waals surface area contributed by atoms with Gasteiger partial charge in [-0.3, -0.25) is 14.5 Å². The number of nitrogens with zero attached hydrogens (tertiary/aromatic N) is 1. The summed E-state index contributed by atoms with van der Waals surface area (Å²) in [5.74, 6) is 1.35. The van der Waals surface area contributed by atoms with Crippen LogP contribution in [0.2, 0.25) is 5.02 Å². The van der Waals surface area contributed by atoms with Gasteiger partial charge in [0.2, 0.25) is 0 Å². The van der Waals surface area contributed by atoms with E-state index in [1.54, 1.807) is 60.7 Å². The highest BCUT2D eigenvalue weighted by atomic mass is 35.5. The maximum Gasteiger partial charge on any atom is 0.270 e. The standard InChI is InChI=1S/C31H23ClN2O4S2/c1-20-10-11-22(18-27(20)32)33-29(35)19-37-26-9-5-6-21(16-26)17-28-30(36)34(31(39)40-28)23-12-14-25(15-13-23)38-24-7-3-2-4-8-24/h2-18H,19H2,1H3,(H,33,35)/b28-17-. The Bertz CT molecular complexity index is 1610. The van der Waals surface area contributed by atoms with Crippen LogP contribution in [0.4, 0.5) is 11.4 Å². The summed E-state index contributed by atoms with van der Waals surface area (Å²) in [7, 11) is 0. The molecule has 1 aliphatic rings. The van der Waals surface area contributed by atoms with Gasteiger partial charge >= 0.3 is 0 Å². The molecule has 0 spiro atoms. The van der Waals surface area contributed by atoms with Crippen molar-refractivity contribution in [1.82, 2.24) is 0 Å². The molecule has 6 nitrogen and oxygen atoms in total. The van der Waals surface area contributed by atoms with Crippen LogP contribution >= 0.6 is 35.6 Å². The number of amides is 2. The number of para-hydroxylation sites is 1. The first-order valence-corrected chi connectivity index (χ1v) is 13.9. The van der Waals surface area contributed by atoms with E-state index in [-0.39, 0.29) is 18.4 Å². The van der Waals surface area contributed by atoms with E-state index >= 15 is 0 Å². The van der Waals surface area contributed by atoms with Crippen molar-refractivity contribution in [2.75, 3.05) is 16.8 Å². The minimum atomic E-state index is -0.314. The molecule has 200 valence electrons. The van der Waals surface area contributed by atoms with Gasteiger partial charge in [-0.05, 0) is 84.8 Å². The third-order valence-electron chi connectivity index (χ3n) is 5.85. The number of anilines is 2. The van der Waals surface area contributed by atoms with E-state index in [2.05, 4.69) is 5.32 Å². The molecule has 9 heteroatoms. The lowest BCUT2D eigenvalue weighted by atomic mass is 10.2. The molecule has 0 aliphatic carbocycles. The van der Waals surface area contributed by atoms with Crippen LogP contribution in [0, 0.1) is 6.92 Å². The molecular formula is C31H23ClN2O4S2. The topological polar surface area (TPSA) is 67.9 Å². The van der Waals surface area contributed by atoms with Gasteiger partial charge in [0.15, 0.2) is 10.9 Å². The monoisotopic (exact) mass is 586 g/mol. The zero-order valence-electron chi connectivity index (χ0n) is 21.3. The Morgan fingerprint density at radius 1 is 0.950 bits per heavy atom. The fraction of sp³-hybridized carbons (Fsp3) is 0.0645. The molecule has 5 rings (SSSR count). The smallest absolute Gasteiger partial charge is 0.270 e. The summed E-state index contributed by atoms with van der Waals surface area (Å²) < 4.78 is 12.0. The third kappa shape index (κ3) is 6.71. The number of carbonyl (C=O) groups is 2. The highest BCUT2D eigenvalue weighted by Gasteiger charge is 2.33. The molecule has 1 heterocycles. The van der Waals surface area contributed by atoms with Crippen molar-refractivity contribution in [2.45, 2.75) is 6.92 Å². The summed E-state index contributed by atoms with van der Waals surface area (Å²) in [5.41, 5.74) is 2.92. The molecule has 0 radical (unpaired) electrons. The second-order valence-electron chi connectivity index (χ2n) is 8.80. The Morgan fingerprint density at radius 2 is 1.68 bits per heavy atom. The number of hydrogen-bond acceptors (Lipinski definition) is 6. The third-order valence-corrected chi connectivity index (χ3v) is 7.56. The largest absolute Gasteiger partial charge is 0.484 e. The Balaban J connectivity index is 1.22. The predicted molar refractivity (Wildman–Crippen MR) is 165 cm³/mol. The molecule has 0 aromatic heterocycles. The summed E-state index contributed by atoms with van der Waals surface area (Å²) in [6.07, 6.45) is 1.76. The minimum absolute atomic E-state index is 0.180. The zero-order valence-corrected chi connectivity index (χ0v) is 23.7. The lowest BCUT2D eigenvalue weighted by Crippen LogP contribution is -2.27. The van der Waals surface area contributed by atoms with Gasteiger partial charge in [-0.1, -0.05) is 72.0 Å². The molecule has 4 aromatic carbocycles. The highest BCUT2D eigenvalue weighted by Crippen LogP contribution is 2.37. The molecule has 1 fully saturated rings. The number of nitrogens with one attached hydrogen (secondary N) is 1. The molecule has 0 unspecified atom stereocenters. The van der Waals surface area contributed by atoms with Crippen molar-refractivity contribution in [3.8, 4) is 17.2 Å². The molecule has 1 N–H and O–H groups in total. The number of hydrogen-bond donors (Lipinski definition) is 1. The predicted octanol–water partition coefficient (Wildman–Crippen LogP) is 7.86. The van der Waals surface area contributed by atoms with Crippen LogP contribution in [0.25, 0.3) is 6.08 Å². The van der Waals surface area contributed by atoms with Gasteiger partial charge in [0.05, 0.1) is 10.6 Å². The van der Waals surface area contributed by atoms with Crippen LogP contribution in [0.3, 0.4) is 0 Å². The van der Waals surface area contributed by atoms with Gasteiger partial charge in [-0.15, -0.1) is 0 Å². The first kappa shape index (κ1) is 27.5. The van der Waals surface area contributed by atoms with E-state index in [1.807, 2.05) is 49.4 Å². The second kappa shape index (κ2) is 12.4. The fourth-order valence-corrected chi connectivity index (χ4v) is 5.32. The van der Waals surface area contributed by atoms with Crippen LogP contribution in [-0.2, 0) is 9.59 Å². The minimum Gasteiger partial charge on any atom is -0.484 e. The Hall–Kier alpha value is -4.11. The first-order valence-electron chi connectivity index (χ1n) is 12.3. The van der Waals surface area contributed by atoms with E-state index in [9.17, 15) is 9.59 Å². The average molecular weight is 587 g/mol. The number of thiocarbonyl (C=S) groups is 1. The summed E-state index contributed by atoms with van der Waals surface area (Å²) in [5, 5.41) is 3.34. The van der Waals surface area contributed by atoms with Crippen molar-refractivity contribution in [3.05, 3.63) is 118 Å². The van der Waals surface area contributed by atoms with Crippen LogP contribution in [-0.4, -0.2) is 22.7 Å². The van der Waals surface area contributed by atoms with Crippen molar-refractivity contribution in [1.29, 1.82) is 0 Å².